The van der Waals surface area contributed by atoms with Gasteiger partial charge in [0.25, 0.3) is 0 Å². The second-order valence-corrected chi connectivity index (χ2v) is 17.1. The first-order chi connectivity index (χ1) is 33.5. The highest BCUT2D eigenvalue weighted by Crippen LogP contribution is 2.30. The fourth-order valence-corrected chi connectivity index (χ4v) is 7.81. The normalized spacial score (nSPS) is 10.9. The van der Waals surface area contributed by atoms with Crippen molar-refractivity contribution in [3.05, 3.63) is 202 Å². The van der Waals surface area contributed by atoms with Gasteiger partial charge in [-0.25, -0.2) is 28.0 Å². The third kappa shape index (κ3) is 13.8. The van der Waals surface area contributed by atoms with Crippen LogP contribution in [0.3, 0.4) is 0 Å². The number of carbonyl (C=O) groups excluding carboxylic acids is 4. The van der Waals surface area contributed by atoms with E-state index in [0.29, 0.717) is 0 Å². The molecule has 0 amide bonds. The summed E-state index contributed by atoms with van der Waals surface area (Å²) in [7, 11) is 0. The number of unbranched alkanes of at least 4 members (excludes halogenated alkanes) is 6. The van der Waals surface area contributed by atoms with Crippen LogP contribution in [0.2, 0.25) is 5.02 Å². The Kier molecular flexibility index (Phi) is 17.2. The standard InChI is InChI=1S/C58H51ClF2O8/c1-3-5-7-9-11-38-13-17-40(18-14-38)42-21-25-44(26-22-42)55(62)66-47-29-31-51(53(60)36-47)57(64)68-49-33-46(59)34-50(35-49)69-58(65)52-32-30-48(37-54(52)61)67-56(63)45-27-23-43(24-28-45)41-19-15-39(16-20-41)12-10-8-6-4-2/h13-37H,3-12H2,1-2H3. The van der Waals surface area contributed by atoms with Crippen LogP contribution in [0.25, 0.3) is 22.3 Å². The van der Waals surface area contributed by atoms with E-state index in [2.05, 4.69) is 62.4 Å². The lowest BCUT2D eigenvalue weighted by molar-refractivity contribution is 0.0720. The zero-order valence-electron chi connectivity index (χ0n) is 38.4. The van der Waals surface area contributed by atoms with Crippen LogP contribution in [-0.2, 0) is 12.8 Å². The molecule has 352 valence electrons. The van der Waals surface area contributed by atoms with Gasteiger partial charge in [0.15, 0.2) is 0 Å². The number of hydrogen-bond donors (Lipinski definition) is 0. The highest BCUT2D eigenvalue weighted by Gasteiger charge is 2.21. The number of esters is 4. The lowest BCUT2D eigenvalue weighted by atomic mass is 10.0. The van der Waals surface area contributed by atoms with Crippen LogP contribution in [0.1, 0.15) is 118 Å². The molecule has 0 heterocycles. The van der Waals surface area contributed by atoms with Gasteiger partial charge in [-0.15, -0.1) is 0 Å². The lowest BCUT2D eigenvalue weighted by Crippen LogP contribution is -2.13. The van der Waals surface area contributed by atoms with E-state index in [-0.39, 0.29) is 39.1 Å². The smallest absolute Gasteiger partial charge is 0.346 e. The third-order valence-electron chi connectivity index (χ3n) is 11.5. The molecule has 0 fully saturated rings. The molecule has 0 atom stereocenters. The largest absolute Gasteiger partial charge is 0.423 e. The van der Waals surface area contributed by atoms with E-state index in [9.17, 15) is 19.2 Å². The van der Waals surface area contributed by atoms with E-state index < -0.39 is 46.6 Å². The summed E-state index contributed by atoms with van der Waals surface area (Å²) >= 11 is 6.22. The zero-order chi connectivity index (χ0) is 48.7. The number of halogens is 3. The fourth-order valence-electron chi connectivity index (χ4n) is 7.60. The number of rotatable bonds is 20. The van der Waals surface area contributed by atoms with E-state index in [1.807, 2.05) is 24.3 Å². The summed E-state index contributed by atoms with van der Waals surface area (Å²) in [6, 6.07) is 40.4. The molecule has 0 radical (unpaired) electrons. The van der Waals surface area contributed by atoms with Crippen molar-refractivity contribution in [3.63, 3.8) is 0 Å². The maximum atomic E-state index is 15.2. The van der Waals surface area contributed by atoms with Crippen LogP contribution in [0.15, 0.2) is 152 Å². The van der Waals surface area contributed by atoms with E-state index >= 15 is 8.78 Å². The van der Waals surface area contributed by atoms with E-state index in [0.717, 1.165) is 78.3 Å². The Morgan fingerprint density at radius 2 is 0.739 bits per heavy atom. The molecule has 69 heavy (non-hydrogen) atoms. The molecule has 11 heteroatoms. The number of carbonyl (C=O) groups is 4. The van der Waals surface area contributed by atoms with Gasteiger partial charge in [-0.2, -0.15) is 0 Å². The molecular formula is C58H51ClF2O8. The highest BCUT2D eigenvalue weighted by atomic mass is 35.5. The average molecular weight is 949 g/mol. The molecule has 0 aliphatic heterocycles. The van der Waals surface area contributed by atoms with Gasteiger partial charge in [0, 0.05) is 23.2 Å². The van der Waals surface area contributed by atoms with Gasteiger partial charge in [-0.1, -0.05) is 137 Å². The van der Waals surface area contributed by atoms with E-state index in [1.54, 1.807) is 24.3 Å². The Labute approximate surface area is 405 Å². The molecule has 0 bridgehead atoms. The predicted octanol–water partition coefficient (Wildman–Crippen LogP) is 15.1. The number of hydrogen-bond acceptors (Lipinski definition) is 8. The maximum Gasteiger partial charge on any atom is 0.346 e. The first-order valence-electron chi connectivity index (χ1n) is 23.1. The molecule has 7 rings (SSSR count). The van der Waals surface area contributed by atoms with Crippen LogP contribution in [0, 0.1) is 11.6 Å². The van der Waals surface area contributed by atoms with Crippen LogP contribution in [0.5, 0.6) is 23.0 Å². The summed E-state index contributed by atoms with van der Waals surface area (Å²) in [5.41, 5.74) is 5.94. The number of ether oxygens (including phenoxy) is 4. The first kappa shape index (κ1) is 49.5. The van der Waals surface area contributed by atoms with Crippen molar-refractivity contribution in [3.8, 4) is 45.3 Å². The molecule has 0 unspecified atom stereocenters. The minimum Gasteiger partial charge on any atom is -0.423 e. The van der Waals surface area contributed by atoms with Crippen LogP contribution < -0.4 is 18.9 Å². The Morgan fingerprint density at radius 3 is 1.09 bits per heavy atom. The van der Waals surface area contributed by atoms with Crippen molar-refractivity contribution in [1.29, 1.82) is 0 Å². The van der Waals surface area contributed by atoms with E-state index in [1.165, 1.54) is 73.9 Å². The summed E-state index contributed by atoms with van der Waals surface area (Å²) in [5.74, 6) is -6.47. The summed E-state index contributed by atoms with van der Waals surface area (Å²) in [4.78, 5) is 52.0. The summed E-state index contributed by atoms with van der Waals surface area (Å²) in [6.45, 7) is 4.39. The van der Waals surface area contributed by atoms with Gasteiger partial charge in [0.05, 0.1) is 22.3 Å². The molecule has 7 aromatic carbocycles. The fraction of sp³-hybridized carbons (Fsp3) is 0.207. The molecule has 8 nitrogen and oxygen atoms in total. The van der Waals surface area contributed by atoms with Crippen molar-refractivity contribution in [2.45, 2.75) is 78.1 Å². The van der Waals surface area contributed by atoms with Crippen LogP contribution in [0.4, 0.5) is 8.78 Å². The quantitative estimate of drug-likeness (QED) is 0.0423. The number of aryl methyl sites for hydroxylation is 2. The van der Waals surface area contributed by atoms with Gasteiger partial charge in [0.1, 0.15) is 34.6 Å². The SMILES string of the molecule is CCCCCCc1ccc(-c2ccc(C(=O)Oc3ccc(C(=O)Oc4cc(Cl)cc(OC(=O)c5ccc(OC(=O)c6ccc(-c7ccc(CCCCCC)cc7)cc6)cc5F)c4)c(F)c3)cc2)cc1. The molecule has 0 N–H and O–H groups in total. The molecule has 7 aromatic rings. The van der Waals surface area contributed by atoms with Crippen LogP contribution in [-0.4, -0.2) is 23.9 Å². The second-order valence-electron chi connectivity index (χ2n) is 16.6. The Balaban J connectivity index is 0.902. The lowest BCUT2D eigenvalue weighted by Gasteiger charge is -2.11. The zero-order valence-corrected chi connectivity index (χ0v) is 39.2. The van der Waals surface area contributed by atoms with Gasteiger partial charge < -0.3 is 18.9 Å². The second kappa shape index (κ2) is 24.0. The molecular weight excluding hydrogens is 898 g/mol. The molecule has 0 spiro atoms. The van der Waals surface area contributed by atoms with Crippen LogP contribution >= 0.6 is 11.6 Å². The summed E-state index contributed by atoms with van der Waals surface area (Å²) < 4.78 is 51.9. The summed E-state index contributed by atoms with van der Waals surface area (Å²) in [5, 5.41) is -0.0215. The minimum atomic E-state index is -1.13. The Hall–Kier alpha value is -7.43. The topological polar surface area (TPSA) is 105 Å². The van der Waals surface area contributed by atoms with Crippen molar-refractivity contribution in [1.82, 2.24) is 0 Å². The maximum absolute atomic E-state index is 15.2. The van der Waals surface area contributed by atoms with E-state index in [4.69, 9.17) is 30.5 Å². The van der Waals surface area contributed by atoms with Gasteiger partial charge in [0.2, 0.25) is 0 Å². The predicted molar refractivity (Wildman–Crippen MR) is 264 cm³/mol. The third-order valence-corrected chi connectivity index (χ3v) is 11.7. The number of benzene rings is 7. The molecule has 0 saturated carbocycles. The Bertz CT molecular complexity index is 2700. The van der Waals surface area contributed by atoms with Crippen molar-refractivity contribution in [2.75, 3.05) is 0 Å². The van der Waals surface area contributed by atoms with Gasteiger partial charge in [-0.05, 0) is 120 Å². The Morgan fingerprint density at radius 1 is 0.391 bits per heavy atom. The van der Waals surface area contributed by atoms with Crippen molar-refractivity contribution < 1.29 is 46.9 Å². The molecule has 0 aliphatic rings. The monoisotopic (exact) mass is 948 g/mol. The minimum absolute atomic E-state index is 0.0215. The molecule has 0 aromatic heterocycles. The van der Waals surface area contributed by atoms with Crippen molar-refractivity contribution in [2.24, 2.45) is 0 Å². The van der Waals surface area contributed by atoms with Crippen molar-refractivity contribution >= 4 is 35.5 Å². The van der Waals surface area contributed by atoms with Gasteiger partial charge in [-0.3, -0.25) is 0 Å². The van der Waals surface area contributed by atoms with Gasteiger partial charge >= 0.3 is 23.9 Å². The molecule has 0 saturated heterocycles. The summed E-state index contributed by atoms with van der Waals surface area (Å²) in [6.07, 6.45) is 11.7. The average Bonchev–Trinajstić information content (AvgIpc) is 3.34. The molecule has 0 aliphatic carbocycles. The first-order valence-corrected chi connectivity index (χ1v) is 23.5. The highest BCUT2D eigenvalue weighted by molar-refractivity contribution is 6.31.